The molecule has 1 aliphatic heterocycles. The van der Waals surface area contributed by atoms with Crippen LogP contribution in [0, 0.1) is 0 Å². The second-order valence-electron chi connectivity index (χ2n) is 3.96. The molecule has 0 radical (unpaired) electrons. The maximum atomic E-state index is 9.04. The summed E-state index contributed by atoms with van der Waals surface area (Å²) in [6, 6.07) is 0. The first kappa shape index (κ1) is 10.9. The Hall–Kier alpha value is -1.24. The SMILES string of the molecule is OC[C@@H]1CC[C@@H](n2cnc3c(Cl)ncnc32)O1. The Kier molecular flexibility index (Phi) is 2.70. The first-order valence-corrected chi connectivity index (χ1v) is 5.76. The van der Waals surface area contributed by atoms with Crippen molar-refractivity contribution in [1.29, 1.82) is 0 Å². The van der Waals surface area contributed by atoms with E-state index < -0.39 is 0 Å². The molecule has 0 unspecified atom stereocenters. The summed E-state index contributed by atoms with van der Waals surface area (Å²) in [6.45, 7) is 0.0405. The highest BCUT2D eigenvalue weighted by molar-refractivity contribution is 6.33. The number of imidazole rings is 1. The second kappa shape index (κ2) is 4.21. The van der Waals surface area contributed by atoms with Crippen LogP contribution in [0.25, 0.3) is 11.2 Å². The molecule has 1 aliphatic rings. The molecule has 0 spiro atoms. The Labute approximate surface area is 102 Å². The van der Waals surface area contributed by atoms with Crippen LogP contribution in [0.15, 0.2) is 12.7 Å². The summed E-state index contributed by atoms with van der Waals surface area (Å²) in [5, 5.41) is 9.38. The van der Waals surface area contributed by atoms with E-state index in [1.807, 2.05) is 4.57 Å². The molecule has 17 heavy (non-hydrogen) atoms. The van der Waals surface area contributed by atoms with Gasteiger partial charge in [-0.2, -0.15) is 0 Å². The molecule has 2 aromatic heterocycles. The molecule has 0 aromatic carbocycles. The van der Waals surface area contributed by atoms with Crippen molar-refractivity contribution in [2.75, 3.05) is 6.61 Å². The molecule has 7 heteroatoms. The lowest BCUT2D eigenvalue weighted by Gasteiger charge is -2.13. The number of halogens is 1. The Morgan fingerprint density at radius 3 is 3.06 bits per heavy atom. The highest BCUT2D eigenvalue weighted by Crippen LogP contribution is 2.30. The van der Waals surface area contributed by atoms with Crippen LogP contribution in [0.1, 0.15) is 19.1 Å². The summed E-state index contributed by atoms with van der Waals surface area (Å²) >= 11 is 5.93. The van der Waals surface area contributed by atoms with Crippen LogP contribution >= 0.6 is 11.6 Å². The van der Waals surface area contributed by atoms with Gasteiger partial charge < -0.3 is 9.84 Å². The van der Waals surface area contributed by atoms with E-state index in [9.17, 15) is 0 Å². The fourth-order valence-electron chi connectivity index (χ4n) is 2.06. The molecule has 3 heterocycles. The first-order chi connectivity index (χ1) is 8.29. The molecule has 3 rings (SSSR count). The van der Waals surface area contributed by atoms with Gasteiger partial charge >= 0.3 is 0 Å². The molecule has 90 valence electrons. The topological polar surface area (TPSA) is 73.1 Å². The molecule has 0 amide bonds. The molecule has 1 saturated heterocycles. The van der Waals surface area contributed by atoms with Gasteiger partial charge in [-0.05, 0) is 12.8 Å². The summed E-state index contributed by atoms with van der Waals surface area (Å²) in [5.74, 6) is 0. The second-order valence-corrected chi connectivity index (χ2v) is 4.32. The molecule has 6 nitrogen and oxygen atoms in total. The molecule has 2 aromatic rings. The van der Waals surface area contributed by atoms with E-state index in [1.165, 1.54) is 6.33 Å². The van der Waals surface area contributed by atoms with E-state index in [-0.39, 0.29) is 18.9 Å². The third-order valence-electron chi connectivity index (χ3n) is 2.91. The number of hydrogen-bond donors (Lipinski definition) is 1. The Balaban J connectivity index is 1.99. The number of hydrogen-bond acceptors (Lipinski definition) is 5. The molecular formula is C10H11ClN4O2. The van der Waals surface area contributed by atoms with Crippen LogP contribution in [0.4, 0.5) is 0 Å². The van der Waals surface area contributed by atoms with Gasteiger partial charge in [-0.3, -0.25) is 4.57 Å². The first-order valence-electron chi connectivity index (χ1n) is 5.39. The lowest BCUT2D eigenvalue weighted by molar-refractivity contribution is -0.0207. The number of aliphatic hydroxyl groups excluding tert-OH is 1. The van der Waals surface area contributed by atoms with Gasteiger partial charge in [0.25, 0.3) is 0 Å². The van der Waals surface area contributed by atoms with Gasteiger partial charge in [0.1, 0.15) is 18.1 Å². The fourth-order valence-corrected chi connectivity index (χ4v) is 2.24. The van der Waals surface area contributed by atoms with Crippen molar-refractivity contribution in [2.24, 2.45) is 0 Å². The van der Waals surface area contributed by atoms with Gasteiger partial charge in [0.15, 0.2) is 10.8 Å². The lowest BCUT2D eigenvalue weighted by atomic mass is 10.2. The highest BCUT2D eigenvalue weighted by Gasteiger charge is 2.27. The molecular weight excluding hydrogens is 244 g/mol. The average Bonchev–Trinajstić information content (AvgIpc) is 2.94. The molecule has 1 N–H and O–H groups in total. The predicted octanol–water partition coefficient (Wildman–Crippen LogP) is 1.15. The maximum absolute atomic E-state index is 9.04. The van der Waals surface area contributed by atoms with Gasteiger partial charge in [-0.25, -0.2) is 15.0 Å². The molecule has 2 atom stereocenters. The van der Waals surface area contributed by atoms with Crippen LogP contribution in [0.3, 0.4) is 0 Å². The maximum Gasteiger partial charge on any atom is 0.166 e. The van der Waals surface area contributed by atoms with E-state index in [4.69, 9.17) is 21.4 Å². The van der Waals surface area contributed by atoms with Gasteiger partial charge in [0.2, 0.25) is 0 Å². The van der Waals surface area contributed by atoms with Crippen molar-refractivity contribution < 1.29 is 9.84 Å². The average molecular weight is 255 g/mol. The monoisotopic (exact) mass is 254 g/mol. The number of nitrogens with zero attached hydrogens (tertiary/aromatic N) is 4. The normalized spacial score (nSPS) is 24.6. The summed E-state index contributed by atoms with van der Waals surface area (Å²) < 4.78 is 7.50. The highest BCUT2D eigenvalue weighted by atomic mass is 35.5. The molecule has 1 fully saturated rings. The quantitative estimate of drug-likeness (QED) is 0.814. The molecule has 0 saturated carbocycles. The zero-order valence-electron chi connectivity index (χ0n) is 8.95. The van der Waals surface area contributed by atoms with Gasteiger partial charge in [0.05, 0.1) is 19.0 Å². The van der Waals surface area contributed by atoms with Crippen molar-refractivity contribution in [3.8, 4) is 0 Å². The lowest BCUT2D eigenvalue weighted by Crippen LogP contribution is -2.14. The number of aliphatic hydroxyl groups is 1. The van der Waals surface area contributed by atoms with E-state index in [1.54, 1.807) is 6.33 Å². The number of aromatic nitrogens is 4. The van der Waals surface area contributed by atoms with Crippen molar-refractivity contribution in [3.63, 3.8) is 0 Å². The predicted molar refractivity (Wildman–Crippen MR) is 60.6 cm³/mol. The largest absolute Gasteiger partial charge is 0.394 e. The number of rotatable bonds is 2. The smallest absolute Gasteiger partial charge is 0.166 e. The van der Waals surface area contributed by atoms with Crippen LogP contribution in [-0.2, 0) is 4.74 Å². The Morgan fingerprint density at radius 1 is 1.41 bits per heavy atom. The number of fused-ring (bicyclic) bond motifs is 1. The Bertz CT molecular complexity index is 544. The van der Waals surface area contributed by atoms with E-state index in [0.717, 1.165) is 12.8 Å². The third kappa shape index (κ3) is 1.78. The van der Waals surface area contributed by atoms with E-state index >= 15 is 0 Å². The van der Waals surface area contributed by atoms with Gasteiger partial charge in [-0.1, -0.05) is 11.6 Å². The van der Waals surface area contributed by atoms with Gasteiger partial charge in [0, 0.05) is 0 Å². The minimum Gasteiger partial charge on any atom is -0.394 e. The zero-order chi connectivity index (χ0) is 11.8. The standard InChI is InChI=1S/C10H11ClN4O2/c11-9-8-10(13-4-12-9)15(5-14-8)7-2-1-6(3-16)17-7/h4-7,16H,1-3H2/t6-,7-/m0/s1. The third-order valence-corrected chi connectivity index (χ3v) is 3.19. The van der Waals surface area contributed by atoms with Crippen molar-refractivity contribution >= 4 is 22.8 Å². The van der Waals surface area contributed by atoms with Crippen LogP contribution in [0.5, 0.6) is 0 Å². The van der Waals surface area contributed by atoms with Crippen LogP contribution in [0.2, 0.25) is 5.15 Å². The number of ether oxygens (including phenoxy) is 1. The zero-order valence-corrected chi connectivity index (χ0v) is 9.71. The van der Waals surface area contributed by atoms with Crippen molar-refractivity contribution in [2.45, 2.75) is 25.2 Å². The van der Waals surface area contributed by atoms with Crippen molar-refractivity contribution in [3.05, 3.63) is 17.8 Å². The molecule has 0 bridgehead atoms. The van der Waals surface area contributed by atoms with E-state index in [2.05, 4.69) is 15.0 Å². The Morgan fingerprint density at radius 2 is 2.29 bits per heavy atom. The summed E-state index contributed by atoms with van der Waals surface area (Å²) in [5.41, 5.74) is 1.24. The van der Waals surface area contributed by atoms with Crippen LogP contribution < -0.4 is 0 Å². The van der Waals surface area contributed by atoms with Crippen LogP contribution in [-0.4, -0.2) is 37.3 Å². The van der Waals surface area contributed by atoms with E-state index in [0.29, 0.717) is 16.3 Å². The minimum atomic E-state index is -0.136. The van der Waals surface area contributed by atoms with Gasteiger partial charge in [-0.15, -0.1) is 0 Å². The summed E-state index contributed by atoms with van der Waals surface area (Å²) in [4.78, 5) is 12.2. The molecule has 0 aliphatic carbocycles. The summed E-state index contributed by atoms with van der Waals surface area (Å²) in [6.07, 6.45) is 4.48. The summed E-state index contributed by atoms with van der Waals surface area (Å²) in [7, 11) is 0. The minimum absolute atomic E-state index is 0.0405. The van der Waals surface area contributed by atoms with Crippen molar-refractivity contribution in [1.82, 2.24) is 19.5 Å². The fraction of sp³-hybridized carbons (Fsp3) is 0.500.